The van der Waals surface area contributed by atoms with Gasteiger partial charge >= 0.3 is 5.97 Å². The largest absolute Gasteiger partial charge is 0.461 e. The average Bonchev–Trinajstić information content (AvgIpc) is 3.68. The Kier molecular flexibility index (Phi) is 12.1. The van der Waals surface area contributed by atoms with Crippen LogP contribution in [0.25, 0.3) is 10.2 Å². The van der Waals surface area contributed by atoms with E-state index in [1.807, 2.05) is 36.4 Å². The van der Waals surface area contributed by atoms with Crippen molar-refractivity contribution in [1.29, 1.82) is 0 Å². The molecule has 0 bridgehead atoms. The molecule has 1 aliphatic rings. The van der Waals surface area contributed by atoms with E-state index in [1.54, 1.807) is 11.8 Å². The summed E-state index contributed by atoms with van der Waals surface area (Å²) >= 11 is 3.02. The molecule has 4 aromatic rings. The van der Waals surface area contributed by atoms with Gasteiger partial charge in [-0.3, -0.25) is 9.69 Å². The number of anilines is 2. The number of fused-ring (bicyclic) bond motifs is 2. The van der Waals surface area contributed by atoms with Crippen molar-refractivity contribution in [3.05, 3.63) is 69.7 Å². The number of aromatic nitrogens is 2. The van der Waals surface area contributed by atoms with E-state index in [2.05, 4.69) is 64.5 Å². The zero-order chi connectivity index (χ0) is 36.3. The molecule has 270 valence electrons. The third kappa shape index (κ3) is 9.09. The van der Waals surface area contributed by atoms with Crippen LogP contribution in [0.4, 0.5) is 10.3 Å². The number of amides is 1. The summed E-state index contributed by atoms with van der Waals surface area (Å²) in [7, 11) is -3.26. The van der Waals surface area contributed by atoms with Crippen molar-refractivity contribution in [3.63, 3.8) is 0 Å². The quantitative estimate of drug-likeness (QED) is 0.0546. The third-order valence-electron chi connectivity index (χ3n) is 9.50. The summed E-state index contributed by atoms with van der Waals surface area (Å²) < 4.78 is 19.1. The number of esters is 1. The number of carbonyl (C=O) groups excluding carboxylic acids is 2. The van der Waals surface area contributed by atoms with Crippen LogP contribution in [-0.2, 0) is 33.3 Å². The van der Waals surface area contributed by atoms with Crippen molar-refractivity contribution in [2.75, 3.05) is 42.9 Å². The first-order valence-electron chi connectivity index (χ1n) is 17.5. The molecule has 1 amide bonds. The lowest BCUT2D eigenvalue weighted by atomic mass is 9.94. The molecule has 2 aromatic carbocycles. The van der Waals surface area contributed by atoms with E-state index in [0.29, 0.717) is 42.6 Å². The summed E-state index contributed by atoms with van der Waals surface area (Å²) in [6.07, 6.45) is 1.34. The van der Waals surface area contributed by atoms with Crippen molar-refractivity contribution in [2.24, 2.45) is 0 Å². The lowest BCUT2D eigenvalue weighted by molar-refractivity contribution is 0.0519. The van der Waals surface area contributed by atoms with Crippen LogP contribution in [-0.4, -0.2) is 71.3 Å². The Morgan fingerprint density at radius 2 is 1.74 bits per heavy atom. The highest BCUT2D eigenvalue weighted by atomic mass is 32.1. The van der Waals surface area contributed by atoms with E-state index in [4.69, 9.17) is 23.9 Å². The molecule has 0 radical (unpaired) electrons. The minimum absolute atomic E-state index is 0.0921. The van der Waals surface area contributed by atoms with E-state index < -0.39 is 22.4 Å². The fourth-order valence-electron chi connectivity index (χ4n) is 5.42. The molecule has 0 atom stereocenters. The molecular formula is C37H52N4O5S2Si2. The number of rotatable bonds is 14. The number of nitrogens with zero attached hydrogens (tertiary/aromatic N) is 4. The minimum atomic E-state index is -1.95. The smallest absolute Gasteiger partial charge is 0.358 e. The Balaban J connectivity index is 1.41. The highest BCUT2D eigenvalue weighted by Gasteiger charge is 2.37. The molecule has 9 nitrogen and oxygen atoms in total. The summed E-state index contributed by atoms with van der Waals surface area (Å²) in [5.41, 5.74) is 3.96. The van der Waals surface area contributed by atoms with Crippen LogP contribution in [0.3, 0.4) is 0 Å². The highest BCUT2D eigenvalue weighted by Crippen LogP contribution is 2.38. The number of para-hydroxylation sites is 1. The highest BCUT2D eigenvalue weighted by molar-refractivity contribution is 7.22. The van der Waals surface area contributed by atoms with Gasteiger partial charge in [-0.05, 0) is 66.8 Å². The molecule has 13 heteroatoms. The second kappa shape index (κ2) is 15.7. The van der Waals surface area contributed by atoms with Gasteiger partial charge in [0, 0.05) is 51.2 Å². The van der Waals surface area contributed by atoms with Crippen LogP contribution in [0.1, 0.15) is 64.5 Å². The molecule has 0 saturated heterocycles. The number of hydrogen-bond acceptors (Lipinski definition) is 10. The summed E-state index contributed by atoms with van der Waals surface area (Å²) in [6, 6.07) is 14.9. The second-order valence-electron chi connectivity index (χ2n) is 15.5. The van der Waals surface area contributed by atoms with Gasteiger partial charge in [-0.1, -0.05) is 76.0 Å². The van der Waals surface area contributed by atoms with E-state index in [9.17, 15) is 9.59 Å². The number of ether oxygens (including phenoxy) is 2. The molecule has 0 saturated carbocycles. The molecule has 0 fully saturated rings. The first-order chi connectivity index (χ1) is 23.6. The Morgan fingerprint density at radius 3 is 2.44 bits per heavy atom. The van der Waals surface area contributed by atoms with Gasteiger partial charge in [0.2, 0.25) is 0 Å². The summed E-state index contributed by atoms with van der Waals surface area (Å²) in [5.74, 6) is -0.545. The van der Waals surface area contributed by atoms with Gasteiger partial charge in [0.25, 0.3) is 5.91 Å². The van der Waals surface area contributed by atoms with Crippen molar-refractivity contribution >= 4 is 71.4 Å². The lowest BCUT2D eigenvalue weighted by Gasteiger charge is -2.36. The SMILES string of the molecule is CCOC(=O)c1nc(N2CCc3cccc(C(=O)N(COCC[Si](C)(C)C)c4nc5ccccc5s4)c3C2)sc1CCO[Si](C)(C)C(C)(C)C. The predicted octanol–water partition coefficient (Wildman–Crippen LogP) is 9.02. The maximum absolute atomic E-state index is 14.5. The first-order valence-corrected chi connectivity index (χ1v) is 25.7. The van der Waals surface area contributed by atoms with Gasteiger partial charge in [0.1, 0.15) is 6.73 Å². The van der Waals surface area contributed by atoms with Crippen LogP contribution in [0.15, 0.2) is 42.5 Å². The average molecular weight is 753 g/mol. The topological polar surface area (TPSA) is 94.1 Å². The Bertz CT molecular complexity index is 1780. The minimum Gasteiger partial charge on any atom is -0.461 e. The van der Waals surface area contributed by atoms with Crippen LogP contribution < -0.4 is 9.80 Å². The first kappa shape index (κ1) is 38.3. The van der Waals surface area contributed by atoms with Gasteiger partial charge in [-0.25, -0.2) is 14.8 Å². The van der Waals surface area contributed by atoms with Gasteiger partial charge in [0.15, 0.2) is 24.3 Å². The lowest BCUT2D eigenvalue weighted by Crippen LogP contribution is -2.41. The van der Waals surface area contributed by atoms with Crippen molar-refractivity contribution in [1.82, 2.24) is 9.97 Å². The predicted molar refractivity (Wildman–Crippen MR) is 212 cm³/mol. The van der Waals surface area contributed by atoms with Crippen LogP contribution in [0, 0.1) is 0 Å². The zero-order valence-electron chi connectivity index (χ0n) is 31.1. The normalized spacial score (nSPS) is 13.8. The molecule has 0 aliphatic carbocycles. The van der Waals surface area contributed by atoms with Gasteiger partial charge in [-0.2, -0.15) is 0 Å². The molecule has 0 spiro atoms. The second-order valence-corrected chi connectivity index (χ2v) is 28.0. The summed E-state index contributed by atoms with van der Waals surface area (Å²) in [4.78, 5) is 42.0. The monoisotopic (exact) mass is 752 g/mol. The Hall–Kier alpha value is -2.95. The third-order valence-corrected chi connectivity index (χ3v) is 18.0. The van der Waals surface area contributed by atoms with E-state index in [0.717, 1.165) is 50.4 Å². The zero-order valence-corrected chi connectivity index (χ0v) is 34.7. The van der Waals surface area contributed by atoms with E-state index >= 15 is 0 Å². The van der Waals surface area contributed by atoms with Crippen molar-refractivity contribution in [3.8, 4) is 0 Å². The molecule has 3 heterocycles. The number of carbonyl (C=O) groups is 2. The van der Waals surface area contributed by atoms with E-state index in [-0.39, 0.29) is 24.3 Å². The standard InChI is InChI=1S/C37H52N4O5S2Si2/c1-10-45-34(43)32-31(19-21-46-50(8,9)37(2,3)4)48-35(39-32)40-20-18-26-14-13-15-27(28(26)24-40)33(42)41(25-44-22-23-49(5,6)7)36-38-29-16-11-12-17-30(29)47-36/h11-17H,10,18-25H2,1-9H3. The molecule has 50 heavy (non-hydrogen) atoms. The van der Waals surface area contributed by atoms with E-state index in [1.165, 1.54) is 22.7 Å². The number of hydrogen-bond donors (Lipinski definition) is 0. The fraction of sp³-hybridized carbons (Fsp3) is 0.514. The molecule has 1 aliphatic heterocycles. The van der Waals surface area contributed by atoms with Crippen molar-refractivity contribution < 1.29 is 23.5 Å². The Labute approximate surface area is 307 Å². The summed E-state index contributed by atoms with van der Waals surface area (Å²) in [5, 5.41) is 1.47. The molecule has 5 rings (SSSR count). The number of benzene rings is 2. The number of thiazole rings is 2. The maximum atomic E-state index is 14.5. The molecular weight excluding hydrogens is 701 g/mol. The van der Waals surface area contributed by atoms with Crippen LogP contribution >= 0.6 is 22.7 Å². The maximum Gasteiger partial charge on any atom is 0.358 e. The molecule has 2 aromatic heterocycles. The molecule has 0 unspecified atom stereocenters. The van der Waals surface area contributed by atoms with Gasteiger partial charge < -0.3 is 18.8 Å². The fourth-order valence-corrected chi connectivity index (χ4v) is 9.23. The van der Waals surface area contributed by atoms with Crippen LogP contribution in [0.2, 0.25) is 43.8 Å². The van der Waals surface area contributed by atoms with Gasteiger partial charge in [-0.15, -0.1) is 11.3 Å². The summed E-state index contributed by atoms with van der Waals surface area (Å²) in [6.45, 7) is 22.7. The Morgan fingerprint density at radius 1 is 0.980 bits per heavy atom. The van der Waals surface area contributed by atoms with Crippen molar-refractivity contribution in [2.45, 2.75) is 90.9 Å². The van der Waals surface area contributed by atoms with Gasteiger partial charge in [0.05, 0.1) is 16.8 Å². The van der Waals surface area contributed by atoms with Crippen LogP contribution in [0.5, 0.6) is 0 Å². The molecule has 0 N–H and O–H groups in total.